The highest BCUT2D eigenvalue weighted by Crippen LogP contribution is 2.39. The average molecular weight is 232 g/mol. The van der Waals surface area contributed by atoms with Crippen molar-refractivity contribution < 1.29 is 0 Å². The van der Waals surface area contributed by atoms with Gasteiger partial charge in [0.05, 0.1) is 0 Å². The van der Waals surface area contributed by atoms with E-state index in [9.17, 15) is 0 Å². The summed E-state index contributed by atoms with van der Waals surface area (Å²) in [7, 11) is 0. The first-order valence-corrected chi connectivity index (χ1v) is 6.88. The van der Waals surface area contributed by atoms with Gasteiger partial charge in [0.2, 0.25) is 0 Å². The van der Waals surface area contributed by atoms with Gasteiger partial charge in [0.15, 0.2) is 0 Å². The zero-order valence-corrected chi connectivity index (χ0v) is 11.1. The third kappa shape index (κ3) is 2.32. The number of fused-ring (bicyclic) bond motifs is 1. The van der Waals surface area contributed by atoms with Crippen molar-refractivity contribution in [1.29, 1.82) is 0 Å². The zero-order valence-electron chi connectivity index (χ0n) is 11.1. The van der Waals surface area contributed by atoms with Crippen LogP contribution in [0.4, 0.5) is 5.69 Å². The molecule has 2 N–H and O–H groups in total. The second-order valence-electron chi connectivity index (χ2n) is 4.83. The lowest BCUT2D eigenvalue weighted by Gasteiger charge is -2.24. The number of nitrogens with zero attached hydrogens (tertiary/aromatic N) is 1. The summed E-state index contributed by atoms with van der Waals surface area (Å²) in [6, 6.07) is 6.79. The monoisotopic (exact) mass is 232 g/mol. The zero-order chi connectivity index (χ0) is 12.3. The fourth-order valence-corrected chi connectivity index (χ4v) is 3.08. The summed E-state index contributed by atoms with van der Waals surface area (Å²) in [6.45, 7) is 7.45. The van der Waals surface area contributed by atoms with Gasteiger partial charge in [-0.05, 0) is 62.8 Å². The Morgan fingerprint density at radius 2 is 2.06 bits per heavy atom. The molecule has 1 unspecified atom stereocenters. The standard InChI is InChI=1S/C15H24N2/c1-3-17(4-2)15-7-5-6-13-12(10-11-16)8-9-14(13)15/h5-7,12H,3-4,8-11,16H2,1-2H3. The summed E-state index contributed by atoms with van der Waals surface area (Å²) in [4.78, 5) is 2.46. The van der Waals surface area contributed by atoms with Crippen LogP contribution in [0.15, 0.2) is 18.2 Å². The van der Waals surface area contributed by atoms with Crippen LogP contribution < -0.4 is 10.6 Å². The highest BCUT2D eigenvalue weighted by atomic mass is 15.1. The topological polar surface area (TPSA) is 29.3 Å². The molecule has 1 atom stereocenters. The number of rotatable bonds is 5. The van der Waals surface area contributed by atoms with Crippen LogP contribution in [0.1, 0.15) is 43.7 Å². The van der Waals surface area contributed by atoms with Gasteiger partial charge in [0, 0.05) is 18.8 Å². The molecule has 1 aliphatic rings. The molecule has 0 saturated heterocycles. The fraction of sp³-hybridized carbons (Fsp3) is 0.600. The first kappa shape index (κ1) is 12.4. The van der Waals surface area contributed by atoms with Crippen molar-refractivity contribution in [1.82, 2.24) is 0 Å². The van der Waals surface area contributed by atoms with Gasteiger partial charge in [-0.1, -0.05) is 12.1 Å². The molecule has 94 valence electrons. The van der Waals surface area contributed by atoms with Crippen LogP contribution in [0.2, 0.25) is 0 Å². The third-order valence-corrected chi connectivity index (χ3v) is 3.99. The Labute approximate surface area is 105 Å². The Morgan fingerprint density at radius 3 is 2.71 bits per heavy atom. The molecule has 0 fully saturated rings. The van der Waals surface area contributed by atoms with Crippen molar-refractivity contribution in [3.8, 4) is 0 Å². The quantitative estimate of drug-likeness (QED) is 0.846. The number of anilines is 1. The molecular weight excluding hydrogens is 208 g/mol. The van der Waals surface area contributed by atoms with Crippen LogP contribution in [-0.2, 0) is 6.42 Å². The van der Waals surface area contributed by atoms with Gasteiger partial charge in [0.25, 0.3) is 0 Å². The van der Waals surface area contributed by atoms with Crippen LogP contribution in [0.3, 0.4) is 0 Å². The second-order valence-corrected chi connectivity index (χ2v) is 4.83. The molecule has 17 heavy (non-hydrogen) atoms. The lowest BCUT2D eigenvalue weighted by atomic mass is 9.97. The van der Waals surface area contributed by atoms with E-state index in [2.05, 4.69) is 36.9 Å². The molecule has 0 spiro atoms. The fourth-order valence-electron chi connectivity index (χ4n) is 3.08. The van der Waals surface area contributed by atoms with E-state index in [0.717, 1.165) is 26.1 Å². The van der Waals surface area contributed by atoms with Crippen LogP contribution in [0.25, 0.3) is 0 Å². The van der Waals surface area contributed by atoms with Crippen molar-refractivity contribution in [2.45, 2.75) is 39.0 Å². The smallest absolute Gasteiger partial charge is 0.0401 e. The summed E-state index contributed by atoms with van der Waals surface area (Å²) >= 11 is 0. The molecule has 0 aromatic heterocycles. The normalized spacial score (nSPS) is 18.2. The van der Waals surface area contributed by atoms with Crippen LogP contribution in [0.5, 0.6) is 0 Å². The average Bonchev–Trinajstić information content (AvgIpc) is 2.76. The minimum Gasteiger partial charge on any atom is -0.372 e. The van der Waals surface area contributed by atoms with Gasteiger partial charge in [-0.2, -0.15) is 0 Å². The van der Waals surface area contributed by atoms with Crippen molar-refractivity contribution >= 4 is 5.69 Å². The molecule has 1 aromatic rings. The SMILES string of the molecule is CCN(CC)c1cccc2c1CCC2CCN. The molecule has 0 amide bonds. The van der Waals surface area contributed by atoms with Gasteiger partial charge in [0.1, 0.15) is 0 Å². The Hall–Kier alpha value is -1.02. The van der Waals surface area contributed by atoms with E-state index < -0.39 is 0 Å². The summed E-state index contributed by atoms with van der Waals surface area (Å²) in [6.07, 6.45) is 3.65. The molecule has 2 heteroatoms. The van der Waals surface area contributed by atoms with Crippen LogP contribution in [-0.4, -0.2) is 19.6 Å². The largest absolute Gasteiger partial charge is 0.372 e. The summed E-state index contributed by atoms with van der Waals surface area (Å²) in [5, 5.41) is 0. The van der Waals surface area contributed by atoms with E-state index >= 15 is 0 Å². The molecular formula is C15H24N2. The molecule has 1 aromatic carbocycles. The molecule has 1 aliphatic carbocycles. The van der Waals surface area contributed by atoms with E-state index in [1.54, 1.807) is 11.1 Å². The number of hydrogen-bond donors (Lipinski definition) is 1. The minimum atomic E-state index is 0.700. The summed E-state index contributed by atoms with van der Waals surface area (Å²) < 4.78 is 0. The Kier molecular flexibility index (Phi) is 4.06. The highest BCUT2D eigenvalue weighted by Gasteiger charge is 2.24. The molecule has 0 bridgehead atoms. The van der Waals surface area contributed by atoms with Crippen molar-refractivity contribution in [3.63, 3.8) is 0 Å². The van der Waals surface area contributed by atoms with Crippen LogP contribution in [0, 0.1) is 0 Å². The van der Waals surface area contributed by atoms with E-state index in [4.69, 9.17) is 5.73 Å². The Morgan fingerprint density at radius 1 is 1.29 bits per heavy atom. The van der Waals surface area contributed by atoms with E-state index in [-0.39, 0.29) is 0 Å². The predicted octanol–water partition coefficient (Wildman–Crippen LogP) is 2.91. The van der Waals surface area contributed by atoms with E-state index in [0.29, 0.717) is 5.92 Å². The van der Waals surface area contributed by atoms with Crippen molar-refractivity contribution in [2.24, 2.45) is 5.73 Å². The van der Waals surface area contributed by atoms with Gasteiger partial charge in [-0.15, -0.1) is 0 Å². The van der Waals surface area contributed by atoms with Gasteiger partial charge >= 0.3 is 0 Å². The maximum absolute atomic E-state index is 5.71. The Balaban J connectivity index is 2.32. The summed E-state index contributed by atoms with van der Waals surface area (Å²) in [5.41, 5.74) is 10.3. The lowest BCUT2D eigenvalue weighted by Crippen LogP contribution is -2.23. The molecule has 0 radical (unpaired) electrons. The highest BCUT2D eigenvalue weighted by molar-refractivity contribution is 5.59. The van der Waals surface area contributed by atoms with Gasteiger partial charge in [-0.25, -0.2) is 0 Å². The van der Waals surface area contributed by atoms with Crippen LogP contribution >= 0.6 is 0 Å². The first-order valence-electron chi connectivity index (χ1n) is 6.88. The van der Waals surface area contributed by atoms with Gasteiger partial charge < -0.3 is 10.6 Å². The molecule has 2 rings (SSSR count). The lowest BCUT2D eigenvalue weighted by molar-refractivity contribution is 0.627. The second kappa shape index (κ2) is 5.54. The van der Waals surface area contributed by atoms with Crippen molar-refractivity contribution in [3.05, 3.63) is 29.3 Å². The molecule has 0 saturated carbocycles. The third-order valence-electron chi connectivity index (χ3n) is 3.99. The van der Waals surface area contributed by atoms with Gasteiger partial charge in [-0.3, -0.25) is 0 Å². The van der Waals surface area contributed by atoms with E-state index in [1.165, 1.54) is 18.5 Å². The van der Waals surface area contributed by atoms with Crippen molar-refractivity contribution in [2.75, 3.05) is 24.5 Å². The number of hydrogen-bond acceptors (Lipinski definition) is 2. The maximum atomic E-state index is 5.71. The number of nitrogens with two attached hydrogens (primary N) is 1. The predicted molar refractivity (Wildman–Crippen MR) is 74.7 cm³/mol. The molecule has 2 nitrogen and oxygen atoms in total. The van der Waals surface area contributed by atoms with E-state index in [1.807, 2.05) is 0 Å². The number of benzene rings is 1. The molecule has 0 aliphatic heterocycles. The minimum absolute atomic E-state index is 0.700. The molecule has 0 heterocycles. The maximum Gasteiger partial charge on any atom is 0.0401 e. The Bertz CT molecular complexity index is 369. The first-order chi connectivity index (χ1) is 8.31. The summed E-state index contributed by atoms with van der Waals surface area (Å²) in [5.74, 6) is 0.700.